The van der Waals surface area contributed by atoms with E-state index < -0.39 is 16.1 Å². The fraction of sp³-hybridized carbons (Fsp3) is 0.278. The number of thiophene rings is 1. The van der Waals surface area contributed by atoms with E-state index in [1.165, 1.54) is 11.3 Å². The van der Waals surface area contributed by atoms with Crippen molar-refractivity contribution in [2.45, 2.75) is 24.0 Å². The normalized spacial score (nSPS) is 14.4. The van der Waals surface area contributed by atoms with E-state index in [0.717, 1.165) is 16.3 Å². The van der Waals surface area contributed by atoms with Crippen LogP contribution in [0.25, 0.3) is 10.8 Å². The Kier molecular flexibility index (Phi) is 6.00. The molecule has 3 aromatic rings. The van der Waals surface area contributed by atoms with Gasteiger partial charge in [-0.05, 0) is 52.9 Å². The molecular formula is C18H21N3O3S2. The fourth-order valence-electron chi connectivity index (χ4n) is 2.62. The minimum atomic E-state index is -3.62. The summed E-state index contributed by atoms with van der Waals surface area (Å²) in [6.45, 7) is 2.57. The maximum atomic E-state index is 12.6. The lowest BCUT2D eigenvalue weighted by Gasteiger charge is -2.17. The number of nitrogens with zero attached hydrogens (tertiary/aromatic N) is 1. The van der Waals surface area contributed by atoms with Gasteiger partial charge in [0.25, 0.3) is 0 Å². The predicted molar refractivity (Wildman–Crippen MR) is 104 cm³/mol. The van der Waals surface area contributed by atoms with Crippen molar-refractivity contribution in [2.24, 2.45) is 0 Å². The van der Waals surface area contributed by atoms with Crippen LogP contribution in [0.15, 0.2) is 58.4 Å². The van der Waals surface area contributed by atoms with Crippen molar-refractivity contribution in [3.05, 3.63) is 59.0 Å². The molecular weight excluding hydrogens is 370 g/mol. The highest BCUT2D eigenvalue weighted by Crippen LogP contribution is 2.18. The van der Waals surface area contributed by atoms with Crippen molar-refractivity contribution < 1.29 is 13.5 Å². The second kappa shape index (κ2) is 8.24. The van der Waals surface area contributed by atoms with E-state index in [-0.39, 0.29) is 10.9 Å². The third-order valence-electron chi connectivity index (χ3n) is 3.99. The van der Waals surface area contributed by atoms with E-state index in [2.05, 4.69) is 15.0 Å². The molecule has 3 rings (SSSR count). The number of nitrogens with one attached hydrogen (secondary N) is 2. The second-order valence-corrected chi connectivity index (χ2v) is 8.63. The SMILES string of the molecule is C[C@H](CNC[C@H](O)c1ccsc1)NS(=O)(=O)c1ccc2cnccc2c1. The smallest absolute Gasteiger partial charge is 0.240 e. The van der Waals surface area contributed by atoms with Crippen LogP contribution in [-0.4, -0.2) is 37.6 Å². The number of aliphatic hydroxyl groups excluding tert-OH is 1. The van der Waals surface area contributed by atoms with Crippen molar-refractivity contribution in [2.75, 3.05) is 13.1 Å². The Labute approximate surface area is 157 Å². The standard InChI is InChI=1S/C18H21N3O3S2/c1-13(9-20-11-18(22)16-5-7-25-12-16)21-26(23,24)17-3-2-15-10-19-6-4-14(15)8-17/h2-8,10,12-13,18,20-22H,9,11H2,1H3/t13-,18+/m1/s1. The lowest BCUT2D eigenvalue weighted by Crippen LogP contribution is -2.40. The summed E-state index contributed by atoms with van der Waals surface area (Å²) in [5.74, 6) is 0. The van der Waals surface area contributed by atoms with Crippen molar-refractivity contribution in [3.63, 3.8) is 0 Å². The highest BCUT2D eigenvalue weighted by Gasteiger charge is 2.18. The monoisotopic (exact) mass is 391 g/mol. The summed E-state index contributed by atoms with van der Waals surface area (Å²) in [6, 6.07) is 8.30. The highest BCUT2D eigenvalue weighted by atomic mass is 32.2. The van der Waals surface area contributed by atoms with Crippen LogP contribution in [0.4, 0.5) is 0 Å². The van der Waals surface area contributed by atoms with Gasteiger partial charge < -0.3 is 10.4 Å². The zero-order valence-corrected chi connectivity index (χ0v) is 15.9. The first-order valence-corrected chi connectivity index (χ1v) is 10.7. The van der Waals surface area contributed by atoms with E-state index in [4.69, 9.17) is 0 Å². The number of sulfonamides is 1. The molecule has 0 bridgehead atoms. The van der Waals surface area contributed by atoms with Gasteiger partial charge in [0.05, 0.1) is 11.0 Å². The Balaban J connectivity index is 1.57. The molecule has 0 saturated carbocycles. The minimum absolute atomic E-state index is 0.223. The van der Waals surface area contributed by atoms with Gasteiger partial charge in [0.15, 0.2) is 0 Å². The Morgan fingerprint density at radius 3 is 2.81 bits per heavy atom. The summed E-state index contributed by atoms with van der Waals surface area (Å²) in [7, 11) is -3.62. The Bertz CT molecular complexity index is 959. The van der Waals surface area contributed by atoms with Crippen LogP contribution in [0, 0.1) is 0 Å². The number of aliphatic hydroxyl groups is 1. The van der Waals surface area contributed by atoms with Crippen LogP contribution < -0.4 is 10.0 Å². The quantitative estimate of drug-likeness (QED) is 0.548. The number of pyridine rings is 1. The summed E-state index contributed by atoms with van der Waals surface area (Å²) >= 11 is 1.53. The van der Waals surface area contributed by atoms with Crippen LogP contribution in [0.2, 0.25) is 0 Å². The third kappa shape index (κ3) is 4.66. The van der Waals surface area contributed by atoms with Crippen LogP contribution in [0.5, 0.6) is 0 Å². The second-order valence-electron chi connectivity index (χ2n) is 6.14. The van der Waals surface area contributed by atoms with Gasteiger partial charge in [0.1, 0.15) is 0 Å². The summed E-state index contributed by atoms with van der Waals surface area (Å²) in [5, 5.41) is 18.7. The molecule has 138 valence electrons. The van der Waals surface area contributed by atoms with Crippen LogP contribution in [-0.2, 0) is 10.0 Å². The average Bonchev–Trinajstić information content (AvgIpc) is 3.15. The van der Waals surface area contributed by atoms with Gasteiger partial charge >= 0.3 is 0 Å². The summed E-state index contributed by atoms with van der Waals surface area (Å²) in [6.07, 6.45) is 2.74. The van der Waals surface area contributed by atoms with E-state index in [1.54, 1.807) is 43.6 Å². The van der Waals surface area contributed by atoms with Gasteiger partial charge in [-0.1, -0.05) is 6.07 Å². The zero-order chi connectivity index (χ0) is 18.6. The molecule has 8 heteroatoms. The maximum absolute atomic E-state index is 12.6. The maximum Gasteiger partial charge on any atom is 0.240 e. The van der Waals surface area contributed by atoms with Crippen LogP contribution >= 0.6 is 11.3 Å². The van der Waals surface area contributed by atoms with E-state index >= 15 is 0 Å². The predicted octanol–water partition coefficient (Wildman–Crippen LogP) is 2.29. The number of hydrogen-bond donors (Lipinski definition) is 3. The molecule has 0 aliphatic heterocycles. The number of fused-ring (bicyclic) bond motifs is 1. The Morgan fingerprint density at radius 1 is 1.19 bits per heavy atom. The topological polar surface area (TPSA) is 91.3 Å². The first kappa shape index (κ1) is 18.9. The van der Waals surface area contributed by atoms with Gasteiger partial charge in [-0.2, -0.15) is 11.3 Å². The molecule has 3 N–H and O–H groups in total. The molecule has 2 aromatic heterocycles. The molecule has 0 radical (unpaired) electrons. The lowest BCUT2D eigenvalue weighted by atomic mass is 10.2. The van der Waals surface area contributed by atoms with Crippen molar-refractivity contribution in [1.29, 1.82) is 0 Å². The first-order chi connectivity index (χ1) is 12.5. The van der Waals surface area contributed by atoms with Gasteiger partial charge in [-0.15, -0.1) is 0 Å². The molecule has 0 saturated heterocycles. The van der Waals surface area contributed by atoms with Crippen molar-refractivity contribution in [3.8, 4) is 0 Å². The van der Waals surface area contributed by atoms with Crippen LogP contribution in [0.1, 0.15) is 18.6 Å². The Hall–Kier alpha value is -1.84. The molecule has 2 heterocycles. The highest BCUT2D eigenvalue weighted by molar-refractivity contribution is 7.89. The molecule has 0 unspecified atom stereocenters. The first-order valence-electron chi connectivity index (χ1n) is 8.23. The molecule has 0 fully saturated rings. The van der Waals surface area contributed by atoms with Gasteiger partial charge in [0.2, 0.25) is 10.0 Å². The summed E-state index contributed by atoms with van der Waals surface area (Å²) in [4.78, 5) is 4.25. The molecule has 1 aromatic carbocycles. The lowest BCUT2D eigenvalue weighted by molar-refractivity contribution is 0.174. The largest absolute Gasteiger partial charge is 0.387 e. The number of hydrogen-bond acceptors (Lipinski definition) is 6. The van der Waals surface area contributed by atoms with E-state index in [1.807, 2.05) is 16.8 Å². The van der Waals surface area contributed by atoms with Gasteiger partial charge in [0, 0.05) is 36.9 Å². The average molecular weight is 392 g/mol. The summed E-state index contributed by atoms with van der Waals surface area (Å²) in [5.41, 5.74) is 0.862. The molecule has 2 atom stereocenters. The number of rotatable bonds is 8. The zero-order valence-electron chi connectivity index (χ0n) is 14.3. The third-order valence-corrected chi connectivity index (χ3v) is 6.28. The molecule has 26 heavy (non-hydrogen) atoms. The summed E-state index contributed by atoms with van der Waals surface area (Å²) < 4.78 is 27.8. The fourth-order valence-corrected chi connectivity index (χ4v) is 4.61. The molecule has 0 aliphatic carbocycles. The van der Waals surface area contributed by atoms with Crippen LogP contribution in [0.3, 0.4) is 0 Å². The number of aromatic nitrogens is 1. The van der Waals surface area contributed by atoms with Gasteiger partial charge in [-0.25, -0.2) is 13.1 Å². The van der Waals surface area contributed by atoms with E-state index in [9.17, 15) is 13.5 Å². The van der Waals surface area contributed by atoms with Crippen molar-refractivity contribution in [1.82, 2.24) is 15.0 Å². The molecule has 0 aliphatic rings. The Morgan fingerprint density at radius 2 is 2.04 bits per heavy atom. The van der Waals surface area contributed by atoms with E-state index in [0.29, 0.717) is 13.1 Å². The van der Waals surface area contributed by atoms with Gasteiger partial charge in [-0.3, -0.25) is 4.98 Å². The molecule has 6 nitrogen and oxygen atoms in total. The van der Waals surface area contributed by atoms with Crippen molar-refractivity contribution >= 4 is 32.1 Å². The minimum Gasteiger partial charge on any atom is -0.387 e. The number of benzene rings is 1. The molecule has 0 spiro atoms. The molecule has 0 amide bonds.